The lowest BCUT2D eigenvalue weighted by Crippen LogP contribution is -2.47. The monoisotopic (exact) mass is 522 g/mol. The summed E-state index contributed by atoms with van der Waals surface area (Å²) in [7, 11) is -22.0. The summed E-state index contributed by atoms with van der Waals surface area (Å²) in [5.41, 5.74) is -21.2. The molecule has 1 heterocycles. The maximum absolute atomic E-state index is 12.0. The summed E-state index contributed by atoms with van der Waals surface area (Å²) in [4.78, 5) is 0. The van der Waals surface area contributed by atoms with E-state index >= 15 is 0 Å². The summed E-state index contributed by atoms with van der Waals surface area (Å²) in [5, 5.41) is 0. The van der Waals surface area contributed by atoms with Gasteiger partial charge in [-0.15, -0.1) is 0 Å². The number of aromatic nitrogens is 2. The van der Waals surface area contributed by atoms with Crippen molar-refractivity contribution in [1.29, 1.82) is 0 Å². The lowest BCUT2D eigenvalue weighted by Gasteiger charge is -2.31. The van der Waals surface area contributed by atoms with Crippen LogP contribution in [-0.2, 0) is 43.1 Å². The quantitative estimate of drug-likeness (QED) is 0.337. The molecule has 20 heteroatoms. The predicted molar refractivity (Wildman–Crippen MR) is 79.4 cm³/mol. The zero-order chi connectivity index (χ0) is 24.6. The largest absolute Gasteiger partial charge is 0.470 e. The van der Waals surface area contributed by atoms with Gasteiger partial charge in [-0.3, -0.25) is 25.3 Å². The van der Waals surface area contributed by atoms with Crippen molar-refractivity contribution in [2.45, 2.75) is 30.0 Å². The van der Waals surface area contributed by atoms with Crippen molar-refractivity contribution in [3.8, 4) is 0 Å². The topological polar surface area (TPSA) is 111 Å². The van der Waals surface area contributed by atoms with Gasteiger partial charge >= 0.3 is 16.5 Å². The van der Waals surface area contributed by atoms with Crippen LogP contribution in [0.5, 0.6) is 0 Å². The highest BCUT2D eigenvalue weighted by Gasteiger charge is 2.63. The van der Waals surface area contributed by atoms with E-state index in [1.807, 2.05) is 17.8 Å². The molecule has 0 aliphatic rings. The van der Waals surface area contributed by atoms with Crippen molar-refractivity contribution in [3.05, 3.63) is 22.6 Å². The summed E-state index contributed by atoms with van der Waals surface area (Å²) < 4.78 is 172. The van der Waals surface area contributed by atoms with Gasteiger partial charge in [0.25, 0.3) is 0 Å². The molecular formula is C10H11F9N2O6S3. The molecule has 0 N–H and O–H groups in total. The second-order valence-electron chi connectivity index (χ2n) is 5.01. The minimum absolute atomic E-state index is 1.06. The van der Waals surface area contributed by atoms with Crippen LogP contribution < -0.4 is 4.57 Å². The molecule has 0 aliphatic carbocycles. The molecule has 0 aliphatic heterocycles. The SMILES string of the molecule is CCn1cc[n+](C)c1.O=S(=O)([C-](S(=O)(=O)C(F)(F)F)S(=O)(=O)C(F)(F)F)C(F)(F)F. The Balaban J connectivity index is 0.000000867. The highest BCUT2D eigenvalue weighted by atomic mass is 32.3. The third kappa shape index (κ3) is 5.77. The zero-order valence-corrected chi connectivity index (χ0v) is 16.9. The Labute approximate surface area is 163 Å². The van der Waals surface area contributed by atoms with Crippen molar-refractivity contribution in [2.24, 2.45) is 7.05 Å². The van der Waals surface area contributed by atoms with Gasteiger partial charge in [0.05, 0.1) is 17.5 Å². The van der Waals surface area contributed by atoms with Gasteiger partial charge in [-0.05, 0) is 6.92 Å². The Morgan fingerprint density at radius 3 is 1.20 bits per heavy atom. The third-order valence-electron chi connectivity index (χ3n) is 2.76. The van der Waals surface area contributed by atoms with Crippen molar-refractivity contribution in [2.75, 3.05) is 0 Å². The number of aryl methyl sites for hydroxylation is 2. The van der Waals surface area contributed by atoms with E-state index in [-0.39, 0.29) is 0 Å². The Morgan fingerprint density at radius 2 is 1.07 bits per heavy atom. The van der Waals surface area contributed by atoms with E-state index in [9.17, 15) is 64.8 Å². The number of rotatable bonds is 4. The van der Waals surface area contributed by atoms with Crippen LogP contribution in [0.3, 0.4) is 0 Å². The fraction of sp³-hybridized carbons (Fsp3) is 0.600. The average molecular weight is 522 g/mol. The molecule has 0 aromatic carbocycles. The summed E-state index contributed by atoms with van der Waals surface area (Å²) in [6, 6.07) is 0. The first kappa shape index (κ1) is 28.4. The van der Waals surface area contributed by atoms with Gasteiger partial charge in [-0.2, -0.15) is 39.5 Å². The van der Waals surface area contributed by atoms with Gasteiger partial charge in [0.2, 0.25) is 6.33 Å². The molecule has 30 heavy (non-hydrogen) atoms. The molecule has 0 spiro atoms. The molecule has 0 radical (unpaired) electrons. The van der Waals surface area contributed by atoms with Gasteiger partial charge in [-0.25, -0.2) is 9.13 Å². The normalized spacial score (nSPS) is 14.4. The number of alkyl halides is 9. The van der Waals surface area contributed by atoms with Crippen molar-refractivity contribution in [1.82, 2.24) is 4.57 Å². The minimum atomic E-state index is -8.02. The van der Waals surface area contributed by atoms with Gasteiger partial charge in [0, 0.05) is 0 Å². The number of sulfone groups is 3. The van der Waals surface area contributed by atoms with Gasteiger partial charge in [0.15, 0.2) is 29.5 Å². The van der Waals surface area contributed by atoms with Crippen molar-refractivity contribution >= 4 is 29.5 Å². The zero-order valence-electron chi connectivity index (χ0n) is 14.4. The van der Waals surface area contributed by atoms with E-state index in [0.29, 0.717) is 0 Å². The van der Waals surface area contributed by atoms with Crippen LogP contribution >= 0.6 is 0 Å². The second-order valence-corrected chi connectivity index (χ2v) is 11.4. The number of imidazole rings is 1. The molecule has 0 bridgehead atoms. The number of nitrogens with zero attached hydrogens (tertiary/aromatic N) is 2. The molecule has 0 saturated carbocycles. The fourth-order valence-corrected chi connectivity index (χ4v) is 7.14. The Morgan fingerprint density at radius 1 is 0.767 bits per heavy atom. The van der Waals surface area contributed by atoms with Crippen LogP contribution in [0.1, 0.15) is 6.92 Å². The molecule has 1 rings (SSSR count). The first-order valence-electron chi connectivity index (χ1n) is 6.76. The highest BCUT2D eigenvalue weighted by Crippen LogP contribution is 2.47. The van der Waals surface area contributed by atoms with Gasteiger partial charge < -0.3 is 0 Å². The van der Waals surface area contributed by atoms with E-state index in [2.05, 4.69) is 24.0 Å². The van der Waals surface area contributed by atoms with Crippen LogP contribution in [0.4, 0.5) is 39.5 Å². The standard InChI is InChI=1S/C6H11N2.C4F9O6S3/c1-3-8-5-4-7(2)6-8;5-2(6,7)20(14,15)1(21(16,17)3(8,9)10)22(18,19)4(11,12)13/h4-6H,3H2,1-2H3;/q+1;-1. The fourth-order valence-electron chi connectivity index (χ4n) is 1.41. The Hall–Kier alpha value is -1.57. The molecule has 1 aromatic rings. The van der Waals surface area contributed by atoms with E-state index < -0.39 is 50.0 Å². The summed E-state index contributed by atoms with van der Waals surface area (Å²) in [6.07, 6.45) is 6.14. The van der Waals surface area contributed by atoms with E-state index in [4.69, 9.17) is 0 Å². The van der Waals surface area contributed by atoms with Gasteiger partial charge in [0.1, 0.15) is 12.4 Å². The van der Waals surface area contributed by atoms with Crippen LogP contribution in [-0.4, -0.2) is 46.3 Å². The molecule has 178 valence electrons. The average Bonchev–Trinajstić information content (AvgIpc) is 2.89. The summed E-state index contributed by atoms with van der Waals surface area (Å²) >= 11 is 0. The van der Waals surface area contributed by atoms with Crippen molar-refractivity contribution in [3.63, 3.8) is 0 Å². The highest BCUT2D eigenvalue weighted by molar-refractivity contribution is 8.29. The van der Waals surface area contributed by atoms with Crippen LogP contribution in [0.25, 0.3) is 0 Å². The van der Waals surface area contributed by atoms with Crippen LogP contribution in [0, 0.1) is 3.91 Å². The van der Waals surface area contributed by atoms with Crippen LogP contribution in [0.2, 0.25) is 0 Å². The molecule has 1 aromatic heterocycles. The maximum Gasteiger partial charge on any atom is 0.470 e. The minimum Gasteiger partial charge on any atom is -0.251 e. The maximum atomic E-state index is 12.0. The summed E-state index contributed by atoms with van der Waals surface area (Å²) in [6.45, 7) is 3.18. The Kier molecular flexibility index (Phi) is 8.07. The predicted octanol–water partition coefficient (Wildman–Crippen LogP) is 1.57. The lowest BCUT2D eigenvalue weighted by molar-refractivity contribution is -0.671. The molecule has 0 atom stereocenters. The van der Waals surface area contributed by atoms with E-state index in [0.717, 1.165) is 6.54 Å². The molecular weight excluding hydrogens is 511 g/mol. The molecule has 0 saturated heterocycles. The number of hydrogen-bond donors (Lipinski definition) is 0. The first-order chi connectivity index (χ1) is 12.9. The molecule has 0 unspecified atom stereocenters. The summed E-state index contributed by atoms with van der Waals surface area (Å²) in [5.74, 6) is 0. The van der Waals surface area contributed by atoms with E-state index in [1.165, 1.54) is 0 Å². The number of halogens is 9. The molecule has 8 nitrogen and oxygen atoms in total. The third-order valence-corrected chi connectivity index (χ3v) is 9.86. The number of hydrogen-bond acceptors (Lipinski definition) is 6. The molecule has 0 amide bonds. The van der Waals surface area contributed by atoms with E-state index in [1.54, 1.807) is 0 Å². The van der Waals surface area contributed by atoms with Gasteiger partial charge in [-0.1, -0.05) is 0 Å². The van der Waals surface area contributed by atoms with Crippen LogP contribution in [0.15, 0.2) is 18.7 Å². The lowest BCUT2D eigenvalue weighted by atomic mass is 10.7. The smallest absolute Gasteiger partial charge is 0.251 e. The second kappa shape index (κ2) is 8.52. The molecule has 0 fully saturated rings. The Bertz CT molecular complexity index is 945. The first-order valence-corrected chi connectivity index (χ1v) is 11.2. The van der Waals surface area contributed by atoms with Crippen molar-refractivity contribution < 1.29 is 69.3 Å².